The van der Waals surface area contributed by atoms with Gasteiger partial charge in [0.15, 0.2) is 0 Å². The van der Waals surface area contributed by atoms with Gasteiger partial charge in [-0.15, -0.1) is 11.8 Å². The monoisotopic (exact) mass is 394 g/mol. The lowest BCUT2D eigenvalue weighted by atomic mass is 9.98. The highest BCUT2D eigenvalue weighted by atomic mass is 32.2. The molecule has 0 aliphatic heterocycles. The molecule has 0 saturated heterocycles. The highest BCUT2D eigenvalue weighted by Crippen LogP contribution is 2.26. The van der Waals surface area contributed by atoms with Crippen molar-refractivity contribution in [2.24, 2.45) is 5.92 Å². The topological polar surface area (TPSA) is 46.5 Å². The second-order valence-corrected chi connectivity index (χ2v) is 9.33. The molecule has 0 radical (unpaired) electrons. The molecule has 4 heteroatoms. The lowest BCUT2D eigenvalue weighted by Crippen LogP contribution is -2.36. The molecule has 1 N–H and O–H groups in total. The average Bonchev–Trinajstić information content (AvgIpc) is 2.60. The summed E-state index contributed by atoms with van der Waals surface area (Å²) in [6, 6.07) is 10.0. The van der Waals surface area contributed by atoms with Crippen molar-refractivity contribution in [3.05, 3.63) is 30.3 Å². The van der Waals surface area contributed by atoms with Gasteiger partial charge in [-0.25, -0.2) is 0 Å². The van der Waals surface area contributed by atoms with Crippen molar-refractivity contribution in [1.29, 1.82) is 0 Å². The standard InChI is InChI=1S/C23H38O3S/c1-5-6-7-8-9-10-14-17-21(24)20(22(25)26-23(2,3)4)18-27-19-15-12-11-13-16-19/h11-13,15-16,20-21,24H,5-10,14,17-18H2,1-4H3/t20-,21+/m1/s1. The van der Waals surface area contributed by atoms with Crippen molar-refractivity contribution in [3.8, 4) is 0 Å². The maximum absolute atomic E-state index is 12.6. The summed E-state index contributed by atoms with van der Waals surface area (Å²) in [7, 11) is 0. The highest BCUT2D eigenvalue weighted by molar-refractivity contribution is 7.99. The van der Waals surface area contributed by atoms with Gasteiger partial charge in [-0.05, 0) is 39.3 Å². The maximum Gasteiger partial charge on any atom is 0.312 e. The summed E-state index contributed by atoms with van der Waals surface area (Å²) in [5, 5.41) is 10.7. The van der Waals surface area contributed by atoms with Crippen LogP contribution < -0.4 is 0 Å². The molecule has 0 amide bonds. The number of ether oxygens (including phenoxy) is 1. The molecule has 0 saturated carbocycles. The predicted octanol–water partition coefficient (Wildman–Crippen LogP) is 6.24. The van der Waals surface area contributed by atoms with E-state index in [2.05, 4.69) is 6.92 Å². The van der Waals surface area contributed by atoms with Crippen molar-refractivity contribution in [2.45, 2.75) is 95.7 Å². The summed E-state index contributed by atoms with van der Waals surface area (Å²) in [5.74, 6) is -0.243. The van der Waals surface area contributed by atoms with Crippen LogP contribution in [0.1, 0.15) is 79.1 Å². The first-order valence-electron chi connectivity index (χ1n) is 10.4. The van der Waals surface area contributed by atoms with Crippen LogP contribution in [0.25, 0.3) is 0 Å². The van der Waals surface area contributed by atoms with Gasteiger partial charge >= 0.3 is 5.97 Å². The molecule has 0 unspecified atom stereocenters. The Hall–Kier alpha value is -1.00. The van der Waals surface area contributed by atoms with Gasteiger partial charge in [0.05, 0.1) is 12.0 Å². The van der Waals surface area contributed by atoms with Crippen molar-refractivity contribution >= 4 is 17.7 Å². The largest absolute Gasteiger partial charge is 0.460 e. The third-order valence-electron chi connectivity index (χ3n) is 4.45. The van der Waals surface area contributed by atoms with Gasteiger partial charge in [0, 0.05) is 10.6 Å². The zero-order valence-corrected chi connectivity index (χ0v) is 18.4. The van der Waals surface area contributed by atoms with E-state index in [0.29, 0.717) is 12.2 Å². The van der Waals surface area contributed by atoms with Crippen molar-refractivity contribution < 1.29 is 14.6 Å². The maximum atomic E-state index is 12.6. The minimum atomic E-state index is -0.647. The number of thioether (sulfide) groups is 1. The Morgan fingerprint density at radius 2 is 1.63 bits per heavy atom. The molecule has 1 aromatic rings. The molecule has 0 fully saturated rings. The van der Waals surface area contributed by atoms with Gasteiger partial charge in [-0.1, -0.05) is 70.1 Å². The Balaban J connectivity index is 2.51. The minimum absolute atomic E-state index is 0.290. The van der Waals surface area contributed by atoms with Gasteiger partial charge < -0.3 is 9.84 Å². The zero-order valence-electron chi connectivity index (χ0n) is 17.6. The lowest BCUT2D eigenvalue weighted by Gasteiger charge is -2.26. The van der Waals surface area contributed by atoms with Crippen molar-refractivity contribution in [1.82, 2.24) is 0 Å². The van der Waals surface area contributed by atoms with E-state index in [0.717, 1.165) is 17.7 Å². The fraction of sp³-hybridized carbons (Fsp3) is 0.696. The van der Waals surface area contributed by atoms with E-state index in [1.54, 1.807) is 11.8 Å². The molecule has 3 nitrogen and oxygen atoms in total. The van der Waals surface area contributed by atoms with Gasteiger partial charge in [0.2, 0.25) is 0 Å². The number of carbonyl (C=O) groups excluding carboxylic acids is 1. The third-order valence-corrected chi connectivity index (χ3v) is 5.58. The van der Waals surface area contributed by atoms with Crippen LogP contribution in [-0.4, -0.2) is 28.5 Å². The second-order valence-electron chi connectivity index (χ2n) is 8.24. The number of benzene rings is 1. The van der Waals surface area contributed by atoms with Crippen LogP contribution in [0.5, 0.6) is 0 Å². The van der Waals surface area contributed by atoms with Gasteiger partial charge in [0.1, 0.15) is 5.60 Å². The Labute approximate surface area is 170 Å². The third kappa shape index (κ3) is 11.4. The molecule has 0 heterocycles. The quantitative estimate of drug-likeness (QED) is 0.244. The molecule has 1 aromatic carbocycles. The van der Waals surface area contributed by atoms with Crippen molar-refractivity contribution in [2.75, 3.05) is 5.75 Å². The van der Waals surface area contributed by atoms with Crippen LogP contribution >= 0.6 is 11.8 Å². The Bertz CT molecular complexity index is 510. The van der Waals surface area contributed by atoms with E-state index >= 15 is 0 Å². The van der Waals surface area contributed by atoms with Crippen LogP contribution in [0.2, 0.25) is 0 Å². The lowest BCUT2D eigenvalue weighted by molar-refractivity contribution is -0.163. The van der Waals surface area contributed by atoms with Crippen molar-refractivity contribution in [3.63, 3.8) is 0 Å². The summed E-state index contributed by atoms with van der Waals surface area (Å²) in [6.45, 7) is 7.83. The first kappa shape index (κ1) is 24.0. The molecule has 154 valence electrons. The molecule has 0 bridgehead atoms. The molecule has 0 aliphatic rings. The Morgan fingerprint density at radius 3 is 2.22 bits per heavy atom. The molecular weight excluding hydrogens is 356 g/mol. The molecule has 0 aromatic heterocycles. The Kier molecular flexibility index (Phi) is 11.8. The number of carbonyl (C=O) groups is 1. The van der Waals surface area contributed by atoms with Crippen LogP contribution in [-0.2, 0) is 9.53 Å². The number of aliphatic hydroxyl groups excluding tert-OH is 1. The normalized spacial score (nSPS) is 14.0. The number of unbranched alkanes of at least 4 members (excludes halogenated alkanes) is 6. The SMILES string of the molecule is CCCCCCCCC[C@H](O)[C@@H](CSc1ccccc1)C(=O)OC(C)(C)C. The molecule has 0 aliphatic carbocycles. The van der Waals surface area contributed by atoms with Gasteiger partial charge in [-0.2, -0.15) is 0 Å². The van der Waals surface area contributed by atoms with E-state index < -0.39 is 17.6 Å². The first-order chi connectivity index (χ1) is 12.8. The van der Waals surface area contributed by atoms with E-state index in [9.17, 15) is 9.90 Å². The number of esters is 1. The van der Waals surface area contributed by atoms with E-state index in [4.69, 9.17) is 4.74 Å². The number of hydrogen-bond acceptors (Lipinski definition) is 4. The van der Waals surface area contributed by atoms with Crippen LogP contribution in [0.4, 0.5) is 0 Å². The fourth-order valence-electron chi connectivity index (χ4n) is 2.93. The Morgan fingerprint density at radius 1 is 1.04 bits per heavy atom. The van der Waals surface area contributed by atoms with Gasteiger partial charge in [-0.3, -0.25) is 4.79 Å². The van der Waals surface area contributed by atoms with E-state index in [-0.39, 0.29) is 5.97 Å². The summed E-state index contributed by atoms with van der Waals surface area (Å²) in [5.41, 5.74) is -0.536. The molecular formula is C23H38O3S. The summed E-state index contributed by atoms with van der Waals surface area (Å²) in [6.07, 6.45) is 8.43. The summed E-state index contributed by atoms with van der Waals surface area (Å²) in [4.78, 5) is 13.7. The average molecular weight is 395 g/mol. The molecule has 1 rings (SSSR count). The highest BCUT2D eigenvalue weighted by Gasteiger charge is 2.31. The summed E-state index contributed by atoms with van der Waals surface area (Å²) < 4.78 is 5.57. The second kappa shape index (κ2) is 13.2. The minimum Gasteiger partial charge on any atom is -0.460 e. The zero-order chi connectivity index (χ0) is 20.1. The molecule has 27 heavy (non-hydrogen) atoms. The van der Waals surface area contributed by atoms with Crippen LogP contribution in [0, 0.1) is 5.92 Å². The van der Waals surface area contributed by atoms with E-state index in [1.165, 1.54) is 32.1 Å². The summed E-state index contributed by atoms with van der Waals surface area (Å²) >= 11 is 1.60. The fourth-order valence-corrected chi connectivity index (χ4v) is 4.01. The number of hydrogen-bond donors (Lipinski definition) is 1. The van der Waals surface area contributed by atoms with E-state index in [1.807, 2.05) is 51.1 Å². The number of rotatable bonds is 13. The molecule has 2 atom stereocenters. The van der Waals surface area contributed by atoms with Gasteiger partial charge in [0.25, 0.3) is 0 Å². The van der Waals surface area contributed by atoms with Crippen LogP contribution in [0.15, 0.2) is 35.2 Å². The van der Waals surface area contributed by atoms with Crippen LogP contribution in [0.3, 0.4) is 0 Å². The number of aliphatic hydroxyl groups is 1. The smallest absolute Gasteiger partial charge is 0.312 e. The first-order valence-corrected chi connectivity index (χ1v) is 11.4. The predicted molar refractivity (Wildman–Crippen MR) is 115 cm³/mol. The molecule has 0 spiro atoms.